The van der Waals surface area contributed by atoms with Crippen LogP contribution < -0.4 is 0 Å². The molecule has 1 fully saturated rings. The molecular formula is C13H19NO3. The molecule has 0 spiro atoms. The molecule has 4 heteroatoms. The molecule has 2 rings (SSSR count). The van der Waals surface area contributed by atoms with Crippen LogP contribution in [0.2, 0.25) is 0 Å². The number of likely N-dealkylation sites (tertiary alicyclic amines) is 1. The van der Waals surface area contributed by atoms with Crippen LogP contribution in [0.4, 0.5) is 0 Å². The normalized spacial score (nSPS) is 17.4. The smallest absolute Gasteiger partial charge is 0.223 e. The van der Waals surface area contributed by atoms with Crippen LogP contribution in [0.3, 0.4) is 0 Å². The van der Waals surface area contributed by atoms with Gasteiger partial charge < -0.3 is 14.4 Å². The van der Waals surface area contributed by atoms with E-state index in [0.29, 0.717) is 18.8 Å². The Morgan fingerprint density at radius 1 is 1.47 bits per heavy atom. The van der Waals surface area contributed by atoms with Crippen molar-refractivity contribution in [2.24, 2.45) is 5.92 Å². The Morgan fingerprint density at radius 2 is 2.24 bits per heavy atom. The number of carbonyl (C=O) groups is 1. The van der Waals surface area contributed by atoms with E-state index in [1.54, 1.807) is 6.26 Å². The summed E-state index contributed by atoms with van der Waals surface area (Å²) in [6, 6.07) is 3.73. The largest absolute Gasteiger partial charge is 0.469 e. The van der Waals surface area contributed by atoms with Crippen molar-refractivity contribution in [1.29, 1.82) is 0 Å². The summed E-state index contributed by atoms with van der Waals surface area (Å²) in [7, 11) is 0. The first-order valence-electron chi connectivity index (χ1n) is 6.20. The van der Waals surface area contributed by atoms with E-state index in [2.05, 4.69) is 0 Å². The number of aliphatic hydroxyl groups excluding tert-OH is 1. The SMILES string of the molecule is O=C(CCc1ccco1)N1CCC(CO)CC1. The van der Waals surface area contributed by atoms with Gasteiger partial charge in [0.2, 0.25) is 5.91 Å². The van der Waals surface area contributed by atoms with Gasteiger partial charge in [-0.1, -0.05) is 0 Å². The van der Waals surface area contributed by atoms with Gasteiger partial charge in [0.1, 0.15) is 5.76 Å². The minimum Gasteiger partial charge on any atom is -0.469 e. The number of hydrogen-bond acceptors (Lipinski definition) is 3. The second-order valence-electron chi connectivity index (χ2n) is 4.59. The van der Waals surface area contributed by atoms with E-state index < -0.39 is 0 Å². The second-order valence-corrected chi connectivity index (χ2v) is 4.59. The molecule has 0 aliphatic carbocycles. The molecule has 4 nitrogen and oxygen atoms in total. The third-order valence-corrected chi connectivity index (χ3v) is 3.39. The zero-order valence-corrected chi connectivity index (χ0v) is 9.97. The highest BCUT2D eigenvalue weighted by Gasteiger charge is 2.21. The summed E-state index contributed by atoms with van der Waals surface area (Å²) in [6.45, 7) is 1.80. The average molecular weight is 237 g/mol. The number of amides is 1. The van der Waals surface area contributed by atoms with E-state index in [0.717, 1.165) is 31.7 Å². The molecule has 0 atom stereocenters. The summed E-state index contributed by atoms with van der Waals surface area (Å²) >= 11 is 0. The second kappa shape index (κ2) is 5.87. The van der Waals surface area contributed by atoms with Crippen LogP contribution in [-0.4, -0.2) is 35.6 Å². The lowest BCUT2D eigenvalue weighted by Crippen LogP contribution is -2.39. The first kappa shape index (κ1) is 12.2. The number of piperidine rings is 1. The maximum atomic E-state index is 11.9. The number of rotatable bonds is 4. The van der Waals surface area contributed by atoms with Crippen LogP contribution >= 0.6 is 0 Å². The number of nitrogens with zero attached hydrogens (tertiary/aromatic N) is 1. The van der Waals surface area contributed by atoms with Crippen LogP contribution in [0.25, 0.3) is 0 Å². The van der Waals surface area contributed by atoms with Crippen LogP contribution in [0.1, 0.15) is 25.0 Å². The van der Waals surface area contributed by atoms with Crippen LogP contribution in [0.15, 0.2) is 22.8 Å². The van der Waals surface area contributed by atoms with E-state index in [9.17, 15) is 4.79 Å². The van der Waals surface area contributed by atoms with E-state index in [1.165, 1.54) is 0 Å². The lowest BCUT2D eigenvalue weighted by molar-refractivity contribution is -0.132. The Hall–Kier alpha value is -1.29. The van der Waals surface area contributed by atoms with Gasteiger partial charge in [-0.2, -0.15) is 0 Å². The highest BCUT2D eigenvalue weighted by atomic mass is 16.3. The van der Waals surface area contributed by atoms with E-state index in [4.69, 9.17) is 9.52 Å². The third-order valence-electron chi connectivity index (χ3n) is 3.39. The van der Waals surface area contributed by atoms with Crippen molar-refractivity contribution in [3.63, 3.8) is 0 Å². The lowest BCUT2D eigenvalue weighted by atomic mass is 9.97. The summed E-state index contributed by atoms with van der Waals surface area (Å²) in [5.41, 5.74) is 0. The average Bonchev–Trinajstić information content (AvgIpc) is 2.89. The number of hydrogen-bond donors (Lipinski definition) is 1. The number of carbonyl (C=O) groups excluding carboxylic acids is 1. The minimum absolute atomic E-state index is 0.192. The Bertz CT molecular complexity index is 340. The van der Waals surface area contributed by atoms with Crippen LogP contribution in [0, 0.1) is 5.92 Å². The number of aliphatic hydroxyl groups is 1. The maximum absolute atomic E-state index is 11.9. The molecule has 2 heterocycles. The van der Waals surface area contributed by atoms with Gasteiger partial charge in [-0.15, -0.1) is 0 Å². The number of aryl methyl sites for hydroxylation is 1. The predicted octanol–water partition coefficient (Wildman–Crippen LogP) is 1.44. The fraction of sp³-hybridized carbons (Fsp3) is 0.615. The first-order valence-corrected chi connectivity index (χ1v) is 6.20. The van der Waals surface area contributed by atoms with E-state index in [-0.39, 0.29) is 12.5 Å². The van der Waals surface area contributed by atoms with Crippen molar-refractivity contribution in [2.45, 2.75) is 25.7 Å². The highest BCUT2D eigenvalue weighted by molar-refractivity contribution is 5.76. The minimum atomic E-state index is 0.192. The molecule has 0 saturated carbocycles. The molecule has 1 saturated heterocycles. The van der Waals surface area contributed by atoms with Crippen molar-refractivity contribution in [3.05, 3.63) is 24.2 Å². The van der Waals surface area contributed by atoms with Gasteiger partial charge in [0.05, 0.1) is 6.26 Å². The fourth-order valence-corrected chi connectivity index (χ4v) is 2.21. The van der Waals surface area contributed by atoms with Gasteiger partial charge in [-0.3, -0.25) is 4.79 Å². The van der Waals surface area contributed by atoms with Crippen molar-refractivity contribution in [3.8, 4) is 0 Å². The van der Waals surface area contributed by atoms with Gasteiger partial charge in [0.25, 0.3) is 0 Å². The van der Waals surface area contributed by atoms with Gasteiger partial charge in [-0.25, -0.2) is 0 Å². The topological polar surface area (TPSA) is 53.7 Å². The molecule has 1 amide bonds. The van der Waals surface area contributed by atoms with Gasteiger partial charge in [-0.05, 0) is 30.9 Å². The van der Waals surface area contributed by atoms with E-state index >= 15 is 0 Å². The van der Waals surface area contributed by atoms with Crippen LogP contribution in [0.5, 0.6) is 0 Å². The van der Waals surface area contributed by atoms with Gasteiger partial charge >= 0.3 is 0 Å². The van der Waals surface area contributed by atoms with Crippen molar-refractivity contribution >= 4 is 5.91 Å². The first-order chi connectivity index (χ1) is 8.29. The Morgan fingerprint density at radius 3 is 2.82 bits per heavy atom. The molecule has 0 unspecified atom stereocenters. The van der Waals surface area contributed by atoms with Crippen LogP contribution in [-0.2, 0) is 11.2 Å². The molecule has 1 aliphatic rings. The van der Waals surface area contributed by atoms with Gasteiger partial charge in [0.15, 0.2) is 0 Å². The molecule has 0 bridgehead atoms. The molecule has 17 heavy (non-hydrogen) atoms. The monoisotopic (exact) mass is 237 g/mol. The highest BCUT2D eigenvalue weighted by Crippen LogP contribution is 2.17. The summed E-state index contributed by atoms with van der Waals surface area (Å²) < 4.78 is 5.20. The Kier molecular flexibility index (Phi) is 4.20. The summed E-state index contributed by atoms with van der Waals surface area (Å²) in [5, 5.41) is 9.03. The summed E-state index contributed by atoms with van der Waals surface area (Å²) in [5.74, 6) is 1.44. The van der Waals surface area contributed by atoms with Crippen molar-refractivity contribution in [2.75, 3.05) is 19.7 Å². The molecule has 0 radical (unpaired) electrons. The van der Waals surface area contributed by atoms with E-state index in [1.807, 2.05) is 17.0 Å². The zero-order valence-electron chi connectivity index (χ0n) is 9.97. The summed E-state index contributed by atoms with van der Waals surface area (Å²) in [4.78, 5) is 13.8. The lowest BCUT2D eigenvalue weighted by Gasteiger charge is -2.31. The molecule has 0 aromatic carbocycles. The maximum Gasteiger partial charge on any atom is 0.223 e. The van der Waals surface area contributed by atoms with Crippen molar-refractivity contribution in [1.82, 2.24) is 4.90 Å². The standard InChI is InChI=1S/C13H19NO3/c15-10-11-5-7-14(8-6-11)13(16)4-3-12-2-1-9-17-12/h1-2,9,11,15H,3-8,10H2. The number of furan rings is 1. The zero-order chi connectivity index (χ0) is 12.1. The molecule has 1 aromatic rings. The Balaban J connectivity index is 1.73. The molecule has 1 aromatic heterocycles. The molecular weight excluding hydrogens is 218 g/mol. The third kappa shape index (κ3) is 3.33. The fourth-order valence-electron chi connectivity index (χ4n) is 2.21. The van der Waals surface area contributed by atoms with Crippen molar-refractivity contribution < 1.29 is 14.3 Å². The summed E-state index contributed by atoms with van der Waals surface area (Å²) in [6.07, 6.45) is 4.65. The molecule has 1 aliphatic heterocycles. The molecule has 1 N–H and O–H groups in total. The van der Waals surface area contributed by atoms with Gasteiger partial charge in [0, 0.05) is 32.5 Å². The molecule has 94 valence electrons. The quantitative estimate of drug-likeness (QED) is 0.862. The Labute approximate surface area is 101 Å². The predicted molar refractivity (Wildman–Crippen MR) is 63.4 cm³/mol.